The molecule has 106 valence electrons. The molecule has 2 nitrogen and oxygen atoms in total. The molecule has 0 aromatic rings. The molecule has 1 aliphatic carbocycles. The van der Waals surface area contributed by atoms with Gasteiger partial charge in [-0.25, -0.2) is 0 Å². The Balaban J connectivity index is 2.46. The van der Waals surface area contributed by atoms with Gasteiger partial charge < -0.3 is 5.32 Å². The van der Waals surface area contributed by atoms with Gasteiger partial charge >= 0.3 is 0 Å². The summed E-state index contributed by atoms with van der Waals surface area (Å²) >= 11 is 0. The Morgan fingerprint density at radius 2 is 1.72 bits per heavy atom. The highest BCUT2D eigenvalue weighted by Gasteiger charge is 2.30. The summed E-state index contributed by atoms with van der Waals surface area (Å²) in [4.78, 5) is 12.0. The SMILES string of the molecule is CC(C)(C)CCC(NC(=O)CC1CC1)C(C)(C)C. The first kappa shape index (κ1) is 15.5. The maximum absolute atomic E-state index is 12.0. The van der Waals surface area contributed by atoms with Gasteiger partial charge in [0.05, 0.1) is 0 Å². The van der Waals surface area contributed by atoms with Gasteiger partial charge in [0.15, 0.2) is 0 Å². The first-order valence-corrected chi connectivity index (χ1v) is 7.37. The fourth-order valence-electron chi connectivity index (χ4n) is 2.14. The quantitative estimate of drug-likeness (QED) is 0.783. The minimum Gasteiger partial charge on any atom is -0.353 e. The number of carbonyl (C=O) groups is 1. The van der Waals surface area contributed by atoms with Crippen LogP contribution in [-0.4, -0.2) is 11.9 Å². The molecule has 1 rings (SSSR count). The Morgan fingerprint density at radius 1 is 1.17 bits per heavy atom. The maximum Gasteiger partial charge on any atom is 0.220 e. The molecule has 0 aromatic carbocycles. The van der Waals surface area contributed by atoms with Crippen molar-refractivity contribution in [1.29, 1.82) is 0 Å². The molecule has 1 fully saturated rings. The first-order valence-electron chi connectivity index (χ1n) is 7.37. The van der Waals surface area contributed by atoms with E-state index in [9.17, 15) is 4.79 Å². The van der Waals surface area contributed by atoms with E-state index in [2.05, 4.69) is 46.9 Å². The van der Waals surface area contributed by atoms with E-state index in [1.807, 2.05) is 0 Å². The van der Waals surface area contributed by atoms with Gasteiger partial charge in [-0.05, 0) is 42.4 Å². The summed E-state index contributed by atoms with van der Waals surface area (Å²) in [6.07, 6.45) is 5.45. The lowest BCUT2D eigenvalue weighted by Crippen LogP contribution is -2.44. The van der Waals surface area contributed by atoms with Crippen LogP contribution >= 0.6 is 0 Å². The van der Waals surface area contributed by atoms with Crippen LogP contribution in [0.4, 0.5) is 0 Å². The number of amides is 1. The first-order chi connectivity index (χ1) is 8.08. The van der Waals surface area contributed by atoms with Gasteiger partial charge in [0.2, 0.25) is 5.91 Å². The third-order valence-electron chi connectivity index (χ3n) is 3.73. The summed E-state index contributed by atoms with van der Waals surface area (Å²) in [6, 6.07) is 0.294. The minimum atomic E-state index is 0.143. The van der Waals surface area contributed by atoms with Gasteiger partial charge in [-0.15, -0.1) is 0 Å². The van der Waals surface area contributed by atoms with E-state index in [-0.39, 0.29) is 11.3 Å². The van der Waals surface area contributed by atoms with Crippen molar-refractivity contribution in [2.24, 2.45) is 16.7 Å². The lowest BCUT2D eigenvalue weighted by Gasteiger charge is -2.33. The fraction of sp³-hybridized carbons (Fsp3) is 0.938. The largest absolute Gasteiger partial charge is 0.353 e. The van der Waals surface area contributed by atoms with Gasteiger partial charge in [-0.2, -0.15) is 0 Å². The van der Waals surface area contributed by atoms with Crippen LogP contribution < -0.4 is 5.32 Å². The Kier molecular flexibility index (Phi) is 4.85. The molecular formula is C16H31NO. The monoisotopic (exact) mass is 253 g/mol. The lowest BCUT2D eigenvalue weighted by molar-refractivity contribution is -0.123. The van der Waals surface area contributed by atoms with Crippen LogP contribution in [0.15, 0.2) is 0 Å². The van der Waals surface area contributed by atoms with Crippen LogP contribution in [-0.2, 0) is 4.79 Å². The number of nitrogens with one attached hydrogen (secondary N) is 1. The van der Waals surface area contributed by atoms with Crippen LogP contribution in [0.3, 0.4) is 0 Å². The molecule has 1 atom stereocenters. The van der Waals surface area contributed by atoms with Crippen LogP contribution in [0.25, 0.3) is 0 Å². The van der Waals surface area contributed by atoms with Gasteiger partial charge in [-0.1, -0.05) is 41.5 Å². The van der Waals surface area contributed by atoms with Crippen LogP contribution in [0.1, 0.15) is 73.6 Å². The number of rotatable bonds is 5. The summed E-state index contributed by atoms with van der Waals surface area (Å²) in [6.45, 7) is 13.4. The smallest absolute Gasteiger partial charge is 0.220 e. The molecule has 0 heterocycles. The highest BCUT2D eigenvalue weighted by molar-refractivity contribution is 5.76. The molecule has 2 heteroatoms. The van der Waals surface area contributed by atoms with E-state index in [0.29, 0.717) is 17.4 Å². The minimum absolute atomic E-state index is 0.143. The maximum atomic E-state index is 12.0. The van der Waals surface area contributed by atoms with E-state index in [4.69, 9.17) is 0 Å². The zero-order chi connectivity index (χ0) is 14.0. The Hall–Kier alpha value is -0.530. The molecule has 0 bridgehead atoms. The molecule has 1 aliphatic rings. The Bertz CT molecular complexity index is 278. The predicted octanol–water partition coefficient (Wildman–Crippen LogP) is 4.14. The lowest BCUT2D eigenvalue weighted by atomic mass is 9.79. The van der Waals surface area contributed by atoms with E-state index in [1.165, 1.54) is 12.8 Å². The van der Waals surface area contributed by atoms with Crippen molar-refractivity contribution < 1.29 is 4.79 Å². The second kappa shape index (κ2) is 5.63. The molecule has 0 radical (unpaired) electrons. The average molecular weight is 253 g/mol. The van der Waals surface area contributed by atoms with Crippen molar-refractivity contribution in [3.8, 4) is 0 Å². The zero-order valence-electron chi connectivity index (χ0n) is 13.1. The summed E-state index contributed by atoms with van der Waals surface area (Å²) < 4.78 is 0. The summed E-state index contributed by atoms with van der Waals surface area (Å²) in [7, 11) is 0. The predicted molar refractivity (Wildman–Crippen MR) is 77.4 cm³/mol. The van der Waals surface area contributed by atoms with E-state index in [1.54, 1.807) is 0 Å². The second-order valence-electron chi connectivity index (χ2n) is 8.23. The van der Waals surface area contributed by atoms with Gasteiger partial charge in [0.1, 0.15) is 0 Å². The van der Waals surface area contributed by atoms with Gasteiger partial charge in [0, 0.05) is 12.5 Å². The summed E-state index contributed by atoms with van der Waals surface area (Å²) in [5.41, 5.74) is 0.481. The van der Waals surface area contributed by atoms with E-state index in [0.717, 1.165) is 19.3 Å². The van der Waals surface area contributed by atoms with Crippen molar-refractivity contribution >= 4 is 5.91 Å². The van der Waals surface area contributed by atoms with Gasteiger partial charge in [-0.3, -0.25) is 4.79 Å². The number of carbonyl (C=O) groups excluding carboxylic acids is 1. The van der Waals surface area contributed by atoms with Crippen LogP contribution in [0.2, 0.25) is 0 Å². The normalized spacial score (nSPS) is 18.6. The molecule has 0 aromatic heterocycles. The topological polar surface area (TPSA) is 29.1 Å². The molecule has 1 amide bonds. The van der Waals surface area contributed by atoms with Crippen molar-refractivity contribution in [3.05, 3.63) is 0 Å². The third kappa shape index (κ3) is 6.42. The molecule has 0 aliphatic heterocycles. The summed E-state index contributed by atoms with van der Waals surface area (Å²) in [5, 5.41) is 3.26. The molecule has 0 spiro atoms. The van der Waals surface area contributed by atoms with Gasteiger partial charge in [0.25, 0.3) is 0 Å². The van der Waals surface area contributed by atoms with E-state index < -0.39 is 0 Å². The number of hydrogen-bond donors (Lipinski definition) is 1. The standard InChI is InChI=1S/C16H31NO/c1-15(2,3)10-9-13(16(4,5)6)17-14(18)11-12-7-8-12/h12-13H,7-11H2,1-6H3,(H,17,18). The van der Waals surface area contributed by atoms with Crippen molar-refractivity contribution in [2.75, 3.05) is 0 Å². The van der Waals surface area contributed by atoms with Crippen molar-refractivity contribution in [1.82, 2.24) is 5.32 Å². The molecule has 18 heavy (non-hydrogen) atoms. The second-order valence-corrected chi connectivity index (χ2v) is 8.23. The Labute approximate surface area is 113 Å². The van der Waals surface area contributed by atoms with Crippen LogP contribution in [0.5, 0.6) is 0 Å². The molecule has 1 saturated carbocycles. The molecule has 1 unspecified atom stereocenters. The summed E-state index contributed by atoms with van der Waals surface area (Å²) in [5.74, 6) is 0.930. The fourth-order valence-corrected chi connectivity index (χ4v) is 2.14. The highest BCUT2D eigenvalue weighted by atomic mass is 16.1. The Morgan fingerprint density at radius 3 is 2.11 bits per heavy atom. The average Bonchev–Trinajstić information content (AvgIpc) is 2.92. The molecule has 1 N–H and O–H groups in total. The molecular weight excluding hydrogens is 222 g/mol. The highest BCUT2D eigenvalue weighted by Crippen LogP contribution is 2.33. The van der Waals surface area contributed by atoms with Crippen LogP contribution in [0, 0.1) is 16.7 Å². The molecule has 0 saturated heterocycles. The third-order valence-corrected chi connectivity index (χ3v) is 3.73. The van der Waals surface area contributed by atoms with Crippen molar-refractivity contribution in [2.45, 2.75) is 79.7 Å². The van der Waals surface area contributed by atoms with E-state index >= 15 is 0 Å². The van der Waals surface area contributed by atoms with Crippen molar-refractivity contribution in [3.63, 3.8) is 0 Å². The zero-order valence-corrected chi connectivity index (χ0v) is 13.1. The number of hydrogen-bond acceptors (Lipinski definition) is 1.